The lowest BCUT2D eigenvalue weighted by Crippen LogP contribution is -2.41. The minimum atomic E-state index is -1.87. The molecule has 0 radical (unpaired) electrons. The molecule has 0 aliphatic carbocycles. The van der Waals surface area contributed by atoms with E-state index >= 15 is 0 Å². The van der Waals surface area contributed by atoms with E-state index in [1.165, 1.54) is 6.92 Å². The van der Waals surface area contributed by atoms with Gasteiger partial charge in [0.25, 0.3) is 0 Å². The van der Waals surface area contributed by atoms with Crippen LogP contribution in [0.1, 0.15) is 13.8 Å². The highest BCUT2D eigenvalue weighted by molar-refractivity contribution is 5.95. The van der Waals surface area contributed by atoms with Crippen LogP contribution in [0.2, 0.25) is 0 Å². The number of hydrogen-bond acceptors (Lipinski definition) is 7. The fraction of sp³-hybridized carbons (Fsp3) is 0.333. The second-order valence-electron chi connectivity index (χ2n) is 3.75. The Morgan fingerprint density at radius 2 is 2.00 bits per heavy atom. The summed E-state index contributed by atoms with van der Waals surface area (Å²) in [5, 5.41) is 39.2. The molecule has 0 fully saturated rings. The molecule has 1 rings (SSSR count). The quantitative estimate of drug-likeness (QED) is 0.525. The van der Waals surface area contributed by atoms with Gasteiger partial charge in [0.2, 0.25) is 0 Å². The molecule has 96 valence electrons. The predicted octanol–water partition coefficient (Wildman–Crippen LogP) is -0.0174. The highest BCUT2D eigenvalue weighted by atomic mass is 16.5. The molecule has 1 unspecified atom stereocenters. The third kappa shape index (κ3) is 2.40. The second-order valence-corrected chi connectivity index (χ2v) is 3.75. The first-order chi connectivity index (χ1) is 8.92. The third-order valence-electron chi connectivity index (χ3n) is 2.42. The Morgan fingerprint density at radius 3 is 2.42 bits per heavy atom. The Labute approximate surface area is 109 Å². The molecule has 1 aliphatic rings. The molecule has 0 saturated heterocycles. The standard InChI is InChI=1S/C12H10N4O3/c1-3-19-11(17)9-8(6-15)10(7(4-13)5-14)16-12(9,2)18/h16,18H,3H2,1-2H3. The SMILES string of the molecule is CCOC(=O)C1=C(C#N)C(=C(C#N)C#N)NC1(C)O. The van der Waals surface area contributed by atoms with Gasteiger partial charge in [-0.05, 0) is 13.8 Å². The molecule has 1 heterocycles. The van der Waals surface area contributed by atoms with Crippen LogP contribution in [0.5, 0.6) is 0 Å². The molecular formula is C12H10N4O3. The summed E-state index contributed by atoms with van der Waals surface area (Å²) in [6, 6.07) is 4.89. The van der Waals surface area contributed by atoms with E-state index in [9.17, 15) is 9.90 Å². The van der Waals surface area contributed by atoms with Gasteiger partial charge in [-0.3, -0.25) is 0 Å². The van der Waals surface area contributed by atoms with Crippen molar-refractivity contribution in [1.82, 2.24) is 5.32 Å². The van der Waals surface area contributed by atoms with Crippen LogP contribution in [0.3, 0.4) is 0 Å². The maximum Gasteiger partial charge on any atom is 0.340 e. The minimum Gasteiger partial charge on any atom is -0.462 e. The fourth-order valence-corrected chi connectivity index (χ4v) is 1.68. The van der Waals surface area contributed by atoms with Crippen LogP contribution in [0, 0.1) is 34.0 Å². The average Bonchev–Trinajstić information content (AvgIpc) is 2.62. The van der Waals surface area contributed by atoms with E-state index in [-0.39, 0.29) is 23.5 Å². The van der Waals surface area contributed by atoms with Crippen molar-refractivity contribution in [2.45, 2.75) is 19.6 Å². The largest absolute Gasteiger partial charge is 0.462 e. The van der Waals surface area contributed by atoms with Crippen LogP contribution in [0.15, 0.2) is 22.4 Å². The number of carbonyl (C=O) groups is 1. The lowest BCUT2D eigenvalue weighted by molar-refractivity contribution is -0.140. The molecule has 7 heteroatoms. The first kappa shape index (κ1) is 14.2. The lowest BCUT2D eigenvalue weighted by Gasteiger charge is -2.20. The Kier molecular flexibility index (Phi) is 3.91. The molecule has 0 aromatic heterocycles. The van der Waals surface area contributed by atoms with Gasteiger partial charge < -0.3 is 15.2 Å². The molecule has 1 aliphatic heterocycles. The summed E-state index contributed by atoms with van der Waals surface area (Å²) in [6.07, 6.45) is 0. The van der Waals surface area contributed by atoms with Gasteiger partial charge in [0.05, 0.1) is 17.9 Å². The van der Waals surface area contributed by atoms with Crippen LogP contribution in [0.25, 0.3) is 0 Å². The van der Waals surface area contributed by atoms with E-state index in [4.69, 9.17) is 20.5 Å². The van der Waals surface area contributed by atoms with Gasteiger partial charge >= 0.3 is 5.97 Å². The number of carbonyl (C=O) groups excluding carboxylic acids is 1. The molecule has 0 aromatic rings. The van der Waals surface area contributed by atoms with Gasteiger partial charge in [-0.1, -0.05) is 0 Å². The van der Waals surface area contributed by atoms with E-state index in [0.29, 0.717) is 0 Å². The Hall–Kier alpha value is -2.82. The molecule has 1 atom stereocenters. The Bertz CT molecular complexity index is 592. The topological polar surface area (TPSA) is 130 Å². The summed E-state index contributed by atoms with van der Waals surface area (Å²) in [5.41, 5.74) is -3.00. The fourth-order valence-electron chi connectivity index (χ4n) is 1.68. The van der Waals surface area contributed by atoms with Crippen LogP contribution >= 0.6 is 0 Å². The number of rotatable bonds is 2. The van der Waals surface area contributed by atoms with Crippen molar-refractivity contribution in [1.29, 1.82) is 15.8 Å². The number of esters is 1. The van der Waals surface area contributed by atoms with Crippen LogP contribution in [-0.2, 0) is 9.53 Å². The van der Waals surface area contributed by atoms with Crippen LogP contribution in [-0.4, -0.2) is 23.4 Å². The van der Waals surface area contributed by atoms with Crippen molar-refractivity contribution < 1.29 is 14.6 Å². The first-order valence-electron chi connectivity index (χ1n) is 5.30. The van der Waals surface area contributed by atoms with Crippen molar-refractivity contribution >= 4 is 5.97 Å². The molecule has 7 nitrogen and oxygen atoms in total. The van der Waals surface area contributed by atoms with E-state index in [2.05, 4.69) is 5.32 Å². The van der Waals surface area contributed by atoms with Crippen LogP contribution in [0.4, 0.5) is 0 Å². The third-order valence-corrected chi connectivity index (χ3v) is 2.42. The van der Waals surface area contributed by atoms with Crippen molar-refractivity contribution in [3.63, 3.8) is 0 Å². The zero-order chi connectivity index (χ0) is 14.6. The van der Waals surface area contributed by atoms with E-state index in [0.717, 1.165) is 0 Å². The predicted molar refractivity (Wildman–Crippen MR) is 61.3 cm³/mol. The molecule has 0 amide bonds. The van der Waals surface area contributed by atoms with Gasteiger partial charge in [0, 0.05) is 0 Å². The normalized spacial score (nSPS) is 20.9. The summed E-state index contributed by atoms with van der Waals surface area (Å²) in [7, 11) is 0. The maximum absolute atomic E-state index is 11.8. The average molecular weight is 258 g/mol. The lowest BCUT2D eigenvalue weighted by atomic mass is 10.0. The van der Waals surface area contributed by atoms with E-state index < -0.39 is 17.3 Å². The Morgan fingerprint density at radius 1 is 1.42 bits per heavy atom. The summed E-state index contributed by atoms with van der Waals surface area (Å²) < 4.78 is 4.75. The van der Waals surface area contributed by atoms with Gasteiger partial charge in [0.1, 0.15) is 23.8 Å². The first-order valence-corrected chi connectivity index (χ1v) is 5.30. The molecule has 2 N–H and O–H groups in total. The highest BCUT2D eigenvalue weighted by Crippen LogP contribution is 2.32. The van der Waals surface area contributed by atoms with Crippen molar-refractivity contribution in [2.24, 2.45) is 0 Å². The smallest absolute Gasteiger partial charge is 0.340 e. The number of nitriles is 3. The van der Waals surface area contributed by atoms with Crippen molar-refractivity contribution in [3.8, 4) is 18.2 Å². The summed E-state index contributed by atoms with van der Waals surface area (Å²) >= 11 is 0. The van der Waals surface area contributed by atoms with Crippen LogP contribution < -0.4 is 5.32 Å². The molecule has 0 saturated carbocycles. The number of nitrogens with zero attached hydrogens (tertiary/aromatic N) is 3. The zero-order valence-electron chi connectivity index (χ0n) is 10.3. The van der Waals surface area contributed by atoms with E-state index in [1.54, 1.807) is 25.1 Å². The molecule has 19 heavy (non-hydrogen) atoms. The van der Waals surface area contributed by atoms with Gasteiger partial charge in [-0.15, -0.1) is 0 Å². The number of allylic oxidation sites excluding steroid dienone is 2. The van der Waals surface area contributed by atoms with Gasteiger partial charge in [-0.25, -0.2) is 4.79 Å². The zero-order valence-corrected chi connectivity index (χ0v) is 10.3. The molecular weight excluding hydrogens is 248 g/mol. The molecule has 0 spiro atoms. The second kappa shape index (κ2) is 5.22. The number of hydrogen-bond donors (Lipinski definition) is 2. The minimum absolute atomic E-state index is 0.0690. The van der Waals surface area contributed by atoms with E-state index in [1.807, 2.05) is 0 Å². The van der Waals surface area contributed by atoms with Crippen molar-refractivity contribution in [3.05, 3.63) is 22.4 Å². The maximum atomic E-state index is 11.8. The summed E-state index contributed by atoms with van der Waals surface area (Å²) in [5.74, 6) is -0.873. The number of aliphatic hydroxyl groups is 1. The summed E-state index contributed by atoms with van der Waals surface area (Å²) in [6.45, 7) is 2.88. The van der Waals surface area contributed by atoms with Gasteiger partial charge in [-0.2, -0.15) is 15.8 Å². The molecule has 0 aromatic carbocycles. The number of ether oxygens (including phenoxy) is 1. The highest BCUT2D eigenvalue weighted by Gasteiger charge is 2.44. The van der Waals surface area contributed by atoms with Gasteiger partial charge in [0.15, 0.2) is 11.3 Å². The molecule has 0 bridgehead atoms. The summed E-state index contributed by atoms with van der Waals surface area (Å²) in [4.78, 5) is 11.8. The monoisotopic (exact) mass is 258 g/mol. The number of nitrogens with one attached hydrogen (secondary N) is 1. The Balaban J connectivity index is 3.54. The van der Waals surface area contributed by atoms with Crippen molar-refractivity contribution in [2.75, 3.05) is 6.61 Å².